The molecule has 0 N–H and O–H groups in total. The first-order valence-corrected chi connectivity index (χ1v) is 4.86. The first kappa shape index (κ1) is 6.40. The normalized spacial score (nSPS) is 49.7. The first-order valence-electron chi connectivity index (χ1n) is 3.62. The van der Waals surface area contributed by atoms with Gasteiger partial charge in [0, 0.05) is 3.92 Å². The van der Waals surface area contributed by atoms with Gasteiger partial charge in [-0.1, -0.05) is 22.6 Å². The van der Waals surface area contributed by atoms with E-state index in [1.807, 2.05) is 0 Å². The quantitative estimate of drug-likeness (QED) is 0.463. The minimum absolute atomic E-state index is 0.622. The van der Waals surface area contributed by atoms with Gasteiger partial charge < -0.3 is 4.74 Å². The van der Waals surface area contributed by atoms with Crippen LogP contribution in [0.4, 0.5) is 0 Å². The second-order valence-electron chi connectivity index (χ2n) is 3.04. The van der Waals surface area contributed by atoms with Crippen LogP contribution >= 0.6 is 22.6 Å². The van der Waals surface area contributed by atoms with Crippen LogP contribution in [0, 0.1) is 5.92 Å². The maximum atomic E-state index is 5.54. The summed E-state index contributed by atoms with van der Waals surface area (Å²) in [5.41, 5.74) is 0. The third-order valence-electron chi connectivity index (χ3n) is 2.41. The summed E-state index contributed by atoms with van der Waals surface area (Å²) in [6.07, 6.45) is 4.67. The van der Waals surface area contributed by atoms with E-state index in [-0.39, 0.29) is 0 Å². The SMILES string of the molecule is IC1CC2CCC1CO2. The van der Waals surface area contributed by atoms with Crippen molar-refractivity contribution in [3.05, 3.63) is 0 Å². The van der Waals surface area contributed by atoms with Gasteiger partial charge in [-0.25, -0.2) is 0 Å². The molecule has 2 bridgehead atoms. The number of hydrogen-bond donors (Lipinski definition) is 0. The molecule has 3 atom stereocenters. The molecule has 0 radical (unpaired) electrons. The predicted octanol–water partition coefficient (Wildman–Crippen LogP) is 1.99. The number of rotatable bonds is 0. The highest BCUT2D eigenvalue weighted by atomic mass is 127. The molecule has 3 rings (SSSR count). The highest BCUT2D eigenvalue weighted by Gasteiger charge is 2.34. The van der Waals surface area contributed by atoms with E-state index in [4.69, 9.17) is 4.74 Å². The van der Waals surface area contributed by atoms with E-state index in [1.165, 1.54) is 19.3 Å². The molecule has 1 saturated carbocycles. The Morgan fingerprint density at radius 2 is 2.22 bits per heavy atom. The molecule has 2 saturated heterocycles. The van der Waals surface area contributed by atoms with E-state index in [2.05, 4.69) is 22.6 Å². The molecule has 3 aliphatic rings. The van der Waals surface area contributed by atoms with Crippen LogP contribution in [0.25, 0.3) is 0 Å². The number of ether oxygens (including phenoxy) is 1. The Labute approximate surface area is 69.3 Å². The highest BCUT2D eigenvalue weighted by Crippen LogP contribution is 2.37. The van der Waals surface area contributed by atoms with Crippen molar-refractivity contribution >= 4 is 22.6 Å². The van der Waals surface area contributed by atoms with Crippen molar-refractivity contribution in [2.45, 2.75) is 29.3 Å². The molecular formula is C7H11IO. The van der Waals surface area contributed by atoms with Gasteiger partial charge in [0.25, 0.3) is 0 Å². The van der Waals surface area contributed by atoms with Crippen molar-refractivity contribution in [3.8, 4) is 0 Å². The largest absolute Gasteiger partial charge is 0.378 e. The molecule has 0 aromatic rings. The number of fused-ring (bicyclic) bond motifs is 3. The molecule has 1 aliphatic carbocycles. The van der Waals surface area contributed by atoms with E-state index in [0.29, 0.717) is 6.10 Å². The van der Waals surface area contributed by atoms with Gasteiger partial charge in [-0.05, 0) is 25.2 Å². The van der Waals surface area contributed by atoms with Crippen LogP contribution < -0.4 is 0 Å². The van der Waals surface area contributed by atoms with Crippen LogP contribution in [-0.4, -0.2) is 16.6 Å². The van der Waals surface area contributed by atoms with Crippen molar-refractivity contribution < 1.29 is 4.74 Å². The van der Waals surface area contributed by atoms with Crippen LogP contribution in [0.15, 0.2) is 0 Å². The summed E-state index contributed by atoms with van der Waals surface area (Å²) in [4.78, 5) is 0. The summed E-state index contributed by atoms with van der Waals surface area (Å²) in [6, 6.07) is 0. The maximum absolute atomic E-state index is 5.54. The molecule has 0 aromatic carbocycles. The Morgan fingerprint density at radius 3 is 2.44 bits per heavy atom. The highest BCUT2D eigenvalue weighted by molar-refractivity contribution is 14.1. The van der Waals surface area contributed by atoms with Crippen molar-refractivity contribution in [3.63, 3.8) is 0 Å². The molecule has 0 spiro atoms. The summed E-state index contributed by atoms with van der Waals surface area (Å²) in [5.74, 6) is 0.885. The van der Waals surface area contributed by atoms with E-state index < -0.39 is 0 Å². The van der Waals surface area contributed by atoms with Gasteiger partial charge >= 0.3 is 0 Å². The van der Waals surface area contributed by atoms with Gasteiger partial charge in [0.15, 0.2) is 0 Å². The van der Waals surface area contributed by atoms with Crippen LogP contribution in [0.2, 0.25) is 0 Å². The van der Waals surface area contributed by atoms with E-state index in [0.717, 1.165) is 16.4 Å². The van der Waals surface area contributed by atoms with Crippen LogP contribution in [0.3, 0.4) is 0 Å². The Hall–Kier alpha value is 0.690. The van der Waals surface area contributed by atoms with Crippen molar-refractivity contribution in [1.82, 2.24) is 0 Å². The lowest BCUT2D eigenvalue weighted by molar-refractivity contribution is -0.0548. The van der Waals surface area contributed by atoms with Gasteiger partial charge in [-0.2, -0.15) is 0 Å². The molecule has 2 heteroatoms. The zero-order chi connectivity index (χ0) is 6.27. The maximum Gasteiger partial charge on any atom is 0.0585 e. The Balaban J connectivity index is 2.06. The lowest BCUT2D eigenvalue weighted by atomic mass is 9.85. The molecule has 2 heterocycles. The van der Waals surface area contributed by atoms with Gasteiger partial charge in [0.1, 0.15) is 0 Å². The van der Waals surface area contributed by atoms with Gasteiger partial charge in [-0.3, -0.25) is 0 Å². The molecule has 1 nitrogen and oxygen atoms in total. The van der Waals surface area contributed by atoms with Gasteiger partial charge in [0.2, 0.25) is 0 Å². The smallest absolute Gasteiger partial charge is 0.0585 e. The standard InChI is InChI=1S/C7H11IO/c8-7-3-6-2-1-5(7)4-9-6/h5-7H,1-4H2. The Kier molecular flexibility index (Phi) is 1.69. The molecule has 9 heavy (non-hydrogen) atoms. The average molecular weight is 238 g/mol. The van der Waals surface area contributed by atoms with Crippen LogP contribution in [-0.2, 0) is 4.74 Å². The number of alkyl halides is 1. The molecular weight excluding hydrogens is 227 g/mol. The van der Waals surface area contributed by atoms with E-state index in [1.54, 1.807) is 0 Å². The molecule has 2 aliphatic heterocycles. The van der Waals surface area contributed by atoms with E-state index in [9.17, 15) is 0 Å². The molecule has 3 unspecified atom stereocenters. The average Bonchev–Trinajstić information content (AvgIpc) is 1.90. The second-order valence-corrected chi connectivity index (χ2v) is 4.64. The fraction of sp³-hybridized carbons (Fsp3) is 1.00. The lowest BCUT2D eigenvalue weighted by Crippen LogP contribution is -2.39. The summed E-state index contributed by atoms with van der Waals surface area (Å²) in [6.45, 7) is 1.04. The van der Waals surface area contributed by atoms with Crippen molar-refractivity contribution in [2.75, 3.05) is 6.61 Å². The zero-order valence-corrected chi connectivity index (χ0v) is 7.50. The lowest BCUT2D eigenvalue weighted by Gasteiger charge is -2.39. The fourth-order valence-electron chi connectivity index (χ4n) is 1.74. The Morgan fingerprint density at radius 1 is 1.33 bits per heavy atom. The molecule has 0 aromatic heterocycles. The number of hydrogen-bond acceptors (Lipinski definition) is 1. The topological polar surface area (TPSA) is 9.23 Å². The predicted molar refractivity (Wildman–Crippen MR) is 44.9 cm³/mol. The Bertz CT molecular complexity index is 107. The van der Waals surface area contributed by atoms with Crippen LogP contribution in [0.1, 0.15) is 19.3 Å². The monoisotopic (exact) mass is 238 g/mol. The van der Waals surface area contributed by atoms with Gasteiger partial charge in [0.05, 0.1) is 12.7 Å². The third kappa shape index (κ3) is 1.11. The minimum Gasteiger partial charge on any atom is -0.378 e. The first-order chi connectivity index (χ1) is 4.36. The summed E-state index contributed by atoms with van der Waals surface area (Å²) in [5, 5.41) is 0. The number of halogens is 1. The zero-order valence-electron chi connectivity index (χ0n) is 5.35. The second kappa shape index (κ2) is 2.38. The van der Waals surface area contributed by atoms with E-state index >= 15 is 0 Å². The summed E-state index contributed by atoms with van der Waals surface area (Å²) >= 11 is 2.57. The van der Waals surface area contributed by atoms with Crippen LogP contribution in [0.5, 0.6) is 0 Å². The summed E-state index contributed by atoms with van der Waals surface area (Å²) in [7, 11) is 0. The molecule has 52 valence electrons. The fourth-order valence-corrected chi connectivity index (χ4v) is 2.88. The molecule has 3 fully saturated rings. The minimum atomic E-state index is 0.622. The third-order valence-corrected chi connectivity index (χ3v) is 3.93. The van der Waals surface area contributed by atoms with Crippen molar-refractivity contribution in [1.29, 1.82) is 0 Å². The molecule has 0 amide bonds. The van der Waals surface area contributed by atoms with Gasteiger partial charge in [-0.15, -0.1) is 0 Å². The summed E-state index contributed by atoms with van der Waals surface area (Å²) < 4.78 is 6.45. The van der Waals surface area contributed by atoms with Crippen molar-refractivity contribution in [2.24, 2.45) is 5.92 Å².